The number of thiazole rings is 1. The molecule has 3 aromatic carbocycles. The molecule has 6 nitrogen and oxygen atoms in total. The average molecular weight is 487 g/mol. The Bertz CT molecular complexity index is 1590. The van der Waals surface area contributed by atoms with E-state index < -0.39 is 0 Å². The normalized spacial score (nSPS) is 12.0. The number of hydrogen-bond donors (Lipinski definition) is 0. The minimum Gasteiger partial charge on any atom is -0.491 e. The predicted octanol–water partition coefficient (Wildman–Crippen LogP) is 4.55. The van der Waals surface area contributed by atoms with Crippen molar-refractivity contribution in [1.29, 1.82) is 0 Å². The second-order valence-corrected chi connectivity index (χ2v) is 9.24. The molecule has 0 aliphatic carbocycles. The molecule has 0 bridgehead atoms. The molecule has 0 amide bonds. The van der Waals surface area contributed by atoms with Gasteiger partial charge in [-0.3, -0.25) is 4.79 Å². The fourth-order valence-electron chi connectivity index (χ4n) is 3.82. The number of ether oxygens (including phenoxy) is 3. The second kappa shape index (κ2) is 10.3. The van der Waals surface area contributed by atoms with Crippen molar-refractivity contribution >= 4 is 33.4 Å². The van der Waals surface area contributed by atoms with E-state index >= 15 is 0 Å². The zero-order valence-electron chi connectivity index (χ0n) is 19.7. The van der Waals surface area contributed by atoms with E-state index in [1.807, 2.05) is 66.7 Å². The Balaban J connectivity index is 1.19. The number of aromatic nitrogens is 2. The number of benzene rings is 3. The van der Waals surface area contributed by atoms with E-state index in [9.17, 15) is 4.79 Å². The molecule has 2 heterocycles. The van der Waals surface area contributed by atoms with Crippen LogP contribution in [0.1, 0.15) is 16.7 Å². The van der Waals surface area contributed by atoms with E-state index in [0.29, 0.717) is 41.7 Å². The summed E-state index contributed by atoms with van der Waals surface area (Å²) in [5.74, 6) is 1.56. The van der Waals surface area contributed by atoms with E-state index in [0.717, 1.165) is 22.3 Å². The number of nitrogens with zero attached hydrogens (tertiary/aromatic N) is 2. The van der Waals surface area contributed by atoms with Gasteiger partial charge < -0.3 is 14.2 Å². The number of para-hydroxylation sites is 3. The van der Waals surface area contributed by atoms with Gasteiger partial charge in [0.25, 0.3) is 5.56 Å². The molecule has 5 aromatic rings. The van der Waals surface area contributed by atoms with Crippen LogP contribution < -0.4 is 19.6 Å². The van der Waals surface area contributed by atoms with E-state index in [2.05, 4.69) is 24.9 Å². The van der Waals surface area contributed by atoms with Crippen LogP contribution in [0.3, 0.4) is 0 Å². The average Bonchev–Trinajstić information content (AvgIpc) is 3.37. The minimum absolute atomic E-state index is 0.0689. The Labute approximate surface area is 207 Å². The molecule has 0 saturated heterocycles. The first-order chi connectivity index (χ1) is 17.1. The second-order valence-electron chi connectivity index (χ2n) is 8.23. The number of rotatable bonds is 9. The van der Waals surface area contributed by atoms with Crippen molar-refractivity contribution in [2.45, 2.75) is 13.8 Å². The van der Waals surface area contributed by atoms with Crippen molar-refractivity contribution < 1.29 is 14.2 Å². The minimum atomic E-state index is -0.0689. The molecule has 178 valence electrons. The zero-order valence-corrected chi connectivity index (χ0v) is 20.5. The van der Waals surface area contributed by atoms with Gasteiger partial charge in [-0.15, -0.1) is 0 Å². The number of fused-ring (bicyclic) bond motifs is 3. The van der Waals surface area contributed by atoms with Crippen LogP contribution in [0.15, 0.2) is 71.5 Å². The van der Waals surface area contributed by atoms with Crippen molar-refractivity contribution in [3.63, 3.8) is 0 Å². The van der Waals surface area contributed by atoms with Crippen LogP contribution in [0.5, 0.6) is 11.5 Å². The molecule has 2 aromatic heterocycles. The summed E-state index contributed by atoms with van der Waals surface area (Å²) < 4.78 is 19.6. The van der Waals surface area contributed by atoms with Gasteiger partial charge in [0.1, 0.15) is 24.7 Å². The molecule has 0 spiro atoms. The predicted molar refractivity (Wildman–Crippen MR) is 140 cm³/mol. The van der Waals surface area contributed by atoms with Crippen LogP contribution in [0, 0.1) is 13.8 Å². The number of aryl methyl sites for hydroxylation is 2. The Morgan fingerprint density at radius 1 is 0.886 bits per heavy atom. The van der Waals surface area contributed by atoms with Crippen molar-refractivity contribution in [2.75, 3.05) is 26.4 Å². The van der Waals surface area contributed by atoms with Gasteiger partial charge in [0.15, 0.2) is 4.96 Å². The van der Waals surface area contributed by atoms with Gasteiger partial charge in [-0.1, -0.05) is 47.7 Å². The van der Waals surface area contributed by atoms with Crippen LogP contribution in [0.25, 0.3) is 22.1 Å². The third-order valence-corrected chi connectivity index (χ3v) is 6.78. The topological polar surface area (TPSA) is 62.1 Å². The first-order valence-electron chi connectivity index (χ1n) is 11.5. The number of imidazole rings is 1. The lowest BCUT2D eigenvalue weighted by Crippen LogP contribution is -2.22. The molecule has 35 heavy (non-hydrogen) atoms. The van der Waals surface area contributed by atoms with E-state index in [1.54, 1.807) is 4.40 Å². The largest absolute Gasteiger partial charge is 0.491 e. The summed E-state index contributed by atoms with van der Waals surface area (Å²) >= 11 is 1.38. The summed E-state index contributed by atoms with van der Waals surface area (Å²) in [5.41, 5.74) is 4.88. The molecule has 0 N–H and O–H groups in total. The molecule has 0 unspecified atom stereocenters. The van der Waals surface area contributed by atoms with Gasteiger partial charge in [-0.05, 0) is 61.4 Å². The Hall–Kier alpha value is -3.68. The van der Waals surface area contributed by atoms with Crippen LogP contribution >= 0.6 is 11.3 Å². The lowest BCUT2D eigenvalue weighted by molar-refractivity contribution is 0.0763. The third kappa shape index (κ3) is 5.06. The maximum Gasteiger partial charge on any atom is 0.274 e. The standard InChI is InChI=1S/C28H26N2O4S/c1-19-11-12-22(17-20(19)2)33-15-13-32-14-16-34-25-10-6-3-7-21(25)18-26-27(31)30-24-9-5-4-8-23(24)29-28(30)35-26/h3-12,17-18H,13-16H2,1-2H3/b26-18+. The Morgan fingerprint density at radius 2 is 1.66 bits per heavy atom. The SMILES string of the molecule is Cc1ccc(OCCOCCOc2ccccc2/C=c2/sc3nc4ccccc4n3c2=O)cc1C. The summed E-state index contributed by atoms with van der Waals surface area (Å²) in [4.78, 5) is 18.3. The molecule has 7 heteroatoms. The van der Waals surface area contributed by atoms with Gasteiger partial charge >= 0.3 is 0 Å². The van der Waals surface area contributed by atoms with Gasteiger partial charge in [-0.2, -0.15) is 0 Å². The molecule has 0 fully saturated rings. The highest BCUT2D eigenvalue weighted by Gasteiger charge is 2.11. The summed E-state index contributed by atoms with van der Waals surface area (Å²) in [6, 6.07) is 21.4. The smallest absolute Gasteiger partial charge is 0.274 e. The Morgan fingerprint density at radius 3 is 2.51 bits per heavy atom. The van der Waals surface area contributed by atoms with E-state index in [4.69, 9.17) is 14.2 Å². The van der Waals surface area contributed by atoms with Crippen molar-refractivity contribution in [3.8, 4) is 11.5 Å². The van der Waals surface area contributed by atoms with Crippen LogP contribution in [-0.2, 0) is 4.74 Å². The van der Waals surface area contributed by atoms with E-state index in [-0.39, 0.29) is 5.56 Å². The summed E-state index contributed by atoms with van der Waals surface area (Å²) in [5, 5.41) is 0. The third-order valence-electron chi connectivity index (χ3n) is 5.81. The molecular formula is C28H26N2O4S. The highest BCUT2D eigenvalue weighted by atomic mass is 32.1. The van der Waals surface area contributed by atoms with Gasteiger partial charge in [0.2, 0.25) is 0 Å². The molecule has 0 saturated carbocycles. The van der Waals surface area contributed by atoms with Crippen molar-refractivity contribution in [3.05, 3.63) is 98.3 Å². The molecule has 0 atom stereocenters. The van der Waals surface area contributed by atoms with Gasteiger partial charge in [-0.25, -0.2) is 9.38 Å². The van der Waals surface area contributed by atoms with Crippen LogP contribution in [0.4, 0.5) is 0 Å². The first kappa shape index (κ1) is 23.1. The van der Waals surface area contributed by atoms with Crippen molar-refractivity contribution in [2.24, 2.45) is 0 Å². The Kier molecular flexibility index (Phi) is 6.79. The molecule has 5 rings (SSSR count). The van der Waals surface area contributed by atoms with Gasteiger partial charge in [0, 0.05) is 5.56 Å². The molecule has 0 aliphatic heterocycles. The number of hydrogen-bond acceptors (Lipinski definition) is 6. The van der Waals surface area contributed by atoms with Crippen LogP contribution in [0.2, 0.25) is 0 Å². The van der Waals surface area contributed by atoms with Crippen molar-refractivity contribution in [1.82, 2.24) is 9.38 Å². The summed E-state index contributed by atoms with van der Waals surface area (Å²) in [7, 11) is 0. The highest BCUT2D eigenvalue weighted by molar-refractivity contribution is 7.15. The quantitative estimate of drug-likeness (QED) is 0.286. The lowest BCUT2D eigenvalue weighted by Gasteiger charge is -2.11. The van der Waals surface area contributed by atoms with Crippen LogP contribution in [-0.4, -0.2) is 35.8 Å². The van der Waals surface area contributed by atoms with E-state index in [1.165, 1.54) is 22.5 Å². The fraction of sp³-hybridized carbons (Fsp3) is 0.214. The van der Waals surface area contributed by atoms with Gasteiger partial charge in [0.05, 0.1) is 28.8 Å². The fourth-order valence-corrected chi connectivity index (χ4v) is 4.80. The maximum atomic E-state index is 13.0. The lowest BCUT2D eigenvalue weighted by atomic mass is 10.1. The molecule has 0 radical (unpaired) electrons. The maximum absolute atomic E-state index is 13.0. The highest BCUT2D eigenvalue weighted by Crippen LogP contribution is 2.20. The first-order valence-corrected chi connectivity index (χ1v) is 12.3. The monoisotopic (exact) mass is 486 g/mol. The molecule has 0 aliphatic rings. The molecular weight excluding hydrogens is 460 g/mol. The summed E-state index contributed by atoms with van der Waals surface area (Å²) in [6.07, 6.45) is 1.87. The summed E-state index contributed by atoms with van der Waals surface area (Å²) in [6.45, 7) is 5.95. The zero-order chi connectivity index (χ0) is 24.2.